The molecule has 0 saturated carbocycles. The van der Waals surface area contributed by atoms with E-state index in [1.54, 1.807) is 11.4 Å². The number of carboxylic acid groups (broad SMARTS) is 1. The van der Waals surface area contributed by atoms with Gasteiger partial charge in [-0.2, -0.15) is 4.37 Å². The average molecular weight is 366 g/mol. The fraction of sp³-hybridized carbons (Fsp3) is 0.417. The van der Waals surface area contributed by atoms with Crippen molar-refractivity contribution < 1.29 is 74.5 Å². The van der Waals surface area contributed by atoms with E-state index in [9.17, 15) is 23.1 Å². The minimum Gasteiger partial charge on any atom is -0.548 e. The molecular formula is C12H11KN2O5S2. The molecule has 7 nitrogen and oxygen atoms in total. The van der Waals surface area contributed by atoms with Gasteiger partial charge >= 0.3 is 51.4 Å². The molecule has 1 aromatic heterocycles. The van der Waals surface area contributed by atoms with Crippen molar-refractivity contribution in [2.24, 2.45) is 0 Å². The molecule has 2 saturated heterocycles. The number of hydrogen-bond donors (Lipinski definition) is 0. The number of carbonyl (C=O) groups excluding carboxylic acids is 2. The number of β-lactam (4-membered cyclic amide) rings is 1. The smallest absolute Gasteiger partial charge is 0.548 e. The third-order valence-electron chi connectivity index (χ3n) is 3.95. The molecule has 1 aromatic rings. The first-order chi connectivity index (χ1) is 9.69. The van der Waals surface area contributed by atoms with Gasteiger partial charge in [0.1, 0.15) is 0 Å². The number of carboxylic acids is 1. The van der Waals surface area contributed by atoms with E-state index in [-0.39, 0.29) is 57.0 Å². The van der Waals surface area contributed by atoms with Crippen molar-refractivity contribution in [1.29, 1.82) is 0 Å². The Bertz CT molecular complexity index is 769. The zero-order valence-electron chi connectivity index (χ0n) is 12.1. The van der Waals surface area contributed by atoms with Crippen LogP contribution in [0, 0.1) is 0 Å². The Balaban J connectivity index is 0.00000176. The van der Waals surface area contributed by atoms with E-state index in [4.69, 9.17) is 0 Å². The van der Waals surface area contributed by atoms with Gasteiger partial charge < -0.3 is 14.8 Å². The number of nitrogens with zero attached hydrogens (tertiary/aromatic N) is 2. The van der Waals surface area contributed by atoms with Crippen LogP contribution >= 0.6 is 11.5 Å². The molecule has 10 heteroatoms. The maximum atomic E-state index is 12.5. The van der Waals surface area contributed by atoms with Gasteiger partial charge in [0, 0.05) is 5.38 Å². The summed E-state index contributed by atoms with van der Waals surface area (Å²) < 4.78 is 27.5. The number of aliphatic carboxylic acids is 1. The molecule has 0 aliphatic carbocycles. The molecule has 3 rings (SSSR count). The van der Waals surface area contributed by atoms with Gasteiger partial charge in [0.25, 0.3) is 5.91 Å². The van der Waals surface area contributed by atoms with E-state index < -0.39 is 37.9 Å². The van der Waals surface area contributed by atoms with Crippen LogP contribution in [0.3, 0.4) is 0 Å². The first-order valence-electron chi connectivity index (χ1n) is 6.08. The molecule has 2 aliphatic heterocycles. The Labute approximate surface area is 173 Å². The molecular weight excluding hydrogens is 355 g/mol. The van der Waals surface area contributed by atoms with Crippen LogP contribution in [0.15, 0.2) is 17.0 Å². The molecule has 112 valence electrons. The molecule has 0 N–H and O–H groups in total. The quantitative estimate of drug-likeness (QED) is 0.300. The summed E-state index contributed by atoms with van der Waals surface area (Å²) in [5.41, 5.74) is 0.533. The van der Waals surface area contributed by atoms with Crippen molar-refractivity contribution in [2.45, 2.75) is 30.0 Å². The minimum atomic E-state index is -3.85. The summed E-state index contributed by atoms with van der Waals surface area (Å²) in [4.78, 5) is 24.3. The second kappa shape index (κ2) is 5.76. The third-order valence-corrected chi connectivity index (χ3v) is 7.28. The van der Waals surface area contributed by atoms with E-state index >= 15 is 0 Å². The zero-order valence-corrected chi connectivity index (χ0v) is 16.9. The Hall–Kier alpha value is -0.104. The fourth-order valence-corrected chi connectivity index (χ4v) is 5.39. The first kappa shape index (κ1) is 18.2. The van der Waals surface area contributed by atoms with Gasteiger partial charge in [-0.05, 0) is 37.5 Å². The van der Waals surface area contributed by atoms with Crippen molar-refractivity contribution in [3.05, 3.63) is 22.7 Å². The molecule has 0 unspecified atom stereocenters. The molecule has 2 fully saturated rings. The van der Waals surface area contributed by atoms with E-state index in [0.717, 1.165) is 4.90 Å². The summed E-state index contributed by atoms with van der Waals surface area (Å²) >= 11 is 1.17. The summed E-state index contributed by atoms with van der Waals surface area (Å²) in [5, 5.41) is 11.7. The van der Waals surface area contributed by atoms with Crippen molar-refractivity contribution in [3.8, 4) is 0 Å². The Morgan fingerprint density at radius 2 is 2.14 bits per heavy atom. The number of rotatable bonds is 2. The average Bonchev–Trinajstić information content (AvgIpc) is 2.91. The summed E-state index contributed by atoms with van der Waals surface area (Å²) in [6.45, 7) is 2.60. The number of fused-ring (bicyclic) bond motifs is 1. The monoisotopic (exact) mass is 366 g/mol. The number of hydrogen-bond acceptors (Lipinski definition) is 7. The number of amides is 1. The maximum Gasteiger partial charge on any atom is 1.00 e. The first-order valence-corrected chi connectivity index (χ1v) is 8.47. The van der Waals surface area contributed by atoms with E-state index in [1.165, 1.54) is 31.5 Å². The minimum absolute atomic E-state index is 0. The normalized spacial score (nSPS) is 29.6. The van der Waals surface area contributed by atoms with Crippen molar-refractivity contribution in [2.75, 3.05) is 0 Å². The van der Waals surface area contributed by atoms with Gasteiger partial charge in [-0.15, -0.1) is 0 Å². The number of sulfone groups is 1. The molecule has 0 radical (unpaired) electrons. The second-order valence-electron chi connectivity index (χ2n) is 5.46. The fourth-order valence-electron chi connectivity index (χ4n) is 2.78. The molecule has 3 heterocycles. The predicted molar refractivity (Wildman–Crippen MR) is 72.5 cm³/mol. The van der Waals surface area contributed by atoms with Crippen LogP contribution in [0.25, 0.3) is 6.08 Å². The maximum absolute atomic E-state index is 12.5. The molecule has 22 heavy (non-hydrogen) atoms. The Morgan fingerprint density at radius 1 is 1.50 bits per heavy atom. The Morgan fingerprint density at radius 3 is 2.64 bits per heavy atom. The molecule has 1 amide bonds. The van der Waals surface area contributed by atoms with Crippen LogP contribution < -0.4 is 56.5 Å². The van der Waals surface area contributed by atoms with Crippen LogP contribution in [-0.2, 0) is 19.4 Å². The van der Waals surface area contributed by atoms with Crippen molar-refractivity contribution in [1.82, 2.24) is 9.27 Å². The van der Waals surface area contributed by atoms with Crippen molar-refractivity contribution >= 4 is 39.3 Å². The van der Waals surface area contributed by atoms with E-state index in [1.807, 2.05) is 0 Å². The number of carbonyl (C=O) groups is 2. The van der Waals surface area contributed by atoms with Gasteiger partial charge in [-0.1, -0.05) is 0 Å². The molecule has 2 atom stereocenters. The summed E-state index contributed by atoms with van der Waals surface area (Å²) in [6, 6.07) is 0.170. The van der Waals surface area contributed by atoms with Gasteiger partial charge in [-0.3, -0.25) is 4.79 Å². The molecule has 0 aromatic carbocycles. The SMILES string of the molecule is CC1(C)[C@H](C(=O)[O-])N2C(=O)/C(=C\c3ccsn3)[C@H]2S1(=O)=O.[K+]. The van der Waals surface area contributed by atoms with Gasteiger partial charge in [0.05, 0.1) is 28.0 Å². The van der Waals surface area contributed by atoms with Crippen LogP contribution in [0.5, 0.6) is 0 Å². The molecule has 0 spiro atoms. The van der Waals surface area contributed by atoms with Crippen LogP contribution in [-0.4, -0.2) is 45.7 Å². The third kappa shape index (κ3) is 2.27. The summed E-state index contributed by atoms with van der Waals surface area (Å²) in [7, 11) is -3.85. The molecule has 2 aliphatic rings. The largest absolute Gasteiger partial charge is 1.00 e. The van der Waals surface area contributed by atoms with Crippen LogP contribution in [0.2, 0.25) is 0 Å². The topological polar surface area (TPSA) is 107 Å². The summed E-state index contributed by atoms with van der Waals surface area (Å²) in [5.74, 6) is -2.16. The predicted octanol–water partition coefficient (Wildman–Crippen LogP) is -3.98. The van der Waals surface area contributed by atoms with Crippen LogP contribution in [0.4, 0.5) is 0 Å². The zero-order chi connectivity index (χ0) is 15.6. The van der Waals surface area contributed by atoms with Gasteiger partial charge in [0.2, 0.25) is 0 Å². The molecule has 0 bridgehead atoms. The van der Waals surface area contributed by atoms with E-state index in [0.29, 0.717) is 5.69 Å². The second-order valence-corrected chi connectivity index (χ2v) is 8.71. The van der Waals surface area contributed by atoms with Gasteiger partial charge in [-0.25, -0.2) is 8.42 Å². The standard InChI is InChI=1S/C12H12N2O5S2.K/c1-12(2)8(11(16)17)14-9(15)7(10(14)21(12,18)19)5-6-3-4-20-13-6;/h3-5,8,10H,1-2H3,(H,16,17);/q;+1/p-1/b7-5+;/t8-,10+;/m0./s1. The Kier molecular flexibility index (Phi) is 4.78. The van der Waals surface area contributed by atoms with Crippen LogP contribution in [0.1, 0.15) is 19.5 Å². The van der Waals surface area contributed by atoms with Gasteiger partial charge in [0.15, 0.2) is 15.2 Å². The van der Waals surface area contributed by atoms with E-state index in [2.05, 4.69) is 4.37 Å². The van der Waals surface area contributed by atoms with Crippen molar-refractivity contribution in [3.63, 3.8) is 0 Å². The summed E-state index contributed by atoms with van der Waals surface area (Å²) in [6.07, 6.45) is 1.39. The number of aromatic nitrogens is 1.